The van der Waals surface area contributed by atoms with E-state index in [9.17, 15) is 19.8 Å². The summed E-state index contributed by atoms with van der Waals surface area (Å²) in [6.45, 7) is 4.97. The number of Topliss-reactive ketones (excluding diaryl/α,β-unsaturated/α-hetero) is 1. The van der Waals surface area contributed by atoms with Crippen molar-refractivity contribution in [3.8, 4) is 5.75 Å². The Hall–Kier alpha value is -3.37. The minimum Gasteiger partial charge on any atom is -0.487 e. The summed E-state index contributed by atoms with van der Waals surface area (Å²) in [7, 11) is 0. The number of halogens is 1. The van der Waals surface area contributed by atoms with E-state index in [1.165, 1.54) is 0 Å². The van der Waals surface area contributed by atoms with Crippen LogP contribution in [-0.2, 0) is 25.7 Å². The predicted molar refractivity (Wildman–Crippen MR) is 163 cm³/mol. The topological polar surface area (TPSA) is 128 Å². The van der Waals surface area contributed by atoms with Crippen LogP contribution < -0.4 is 10.5 Å². The fraction of sp³-hybridized carbons (Fsp3) is 0.500. The summed E-state index contributed by atoms with van der Waals surface area (Å²) in [6, 6.07) is 10.4. The number of fused-ring (bicyclic) bond motifs is 7. The first kappa shape index (κ1) is 30.3. The standard InChI is InChI=1S/C36H40FNO7/c1-19-8-9-20(18-43-27-7-5-4-6-25(27)38)32(37)30(19)33-44-29-15-24-23-11-10-21-14-22(40)12-13-34(21,2)31(23)26(41)16-35(24,3)36(29,45-33)28(42)17-39/h4-9,12-14,23-24,26,29,31,33,39,41H,10-11,15-18,38H2,1-3H3/t23-,24-,26-,29+,31+,33-,34-,35-,36+/m0/s1. The number of allylic oxidation sites excluding steroid dienone is 4. The number of ketones is 2. The van der Waals surface area contributed by atoms with Crippen LogP contribution >= 0.6 is 0 Å². The van der Waals surface area contributed by atoms with Crippen molar-refractivity contribution < 1.29 is 38.4 Å². The van der Waals surface area contributed by atoms with Crippen LogP contribution in [0.4, 0.5) is 10.1 Å². The van der Waals surface area contributed by atoms with Crippen molar-refractivity contribution in [2.75, 3.05) is 12.3 Å². The summed E-state index contributed by atoms with van der Waals surface area (Å²) in [5.41, 5.74) is 5.62. The van der Waals surface area contributed by atoms with Crippen LogP contribution in [0.5, 0.6) is 5.75 Å². The average Bonchev–Trinajstić information content (AvgIpc) is 3.50. The number of para-hydroxylation sites is 2. The number of aryl methyl sites for hydroxylation is 1. The SMILES string of the molecule is Cc1ccc(COc2ccccc2N)c(F)c1[C@H]1O[C@@H]2C[C@H]3[C@@H]4CCC5=CC(=O)C=C[C@]5(C)[C@H]4[C@@H](O)C[C@]3(C)[C@]2(C(=O)CO)O1. The van der Waals surface area contributed by atoms with Gasteiger partial charge in [-0.3, -0.25) is 9.59 Å². The normalized spacial score (nSPS) is 38.2. The number of rotatable bonds is 6. The molecule has 4 fully saturated rings. The number of carbonyl (C=O) groups excluding carboxylic acids is 2. The van der Waals surface area contributed by atoms with Gasteiger partial charge in [-0.25, -0.2) is 4.39 Å². The maximum Gasteiger partial charge on any atom is 0.193 e. The molecule has 238 valence electrons. The zero-order valence-corrected chi connectivity index (χ0v) is 25.8. The van der Waals surface area contributed by atoms with Crippen LogP contribution in [0, 0.1) is 41.3 Å². The van der Waals surface area contributed by atoms with E-state index < -0.39 is 53.1 Å². The second-order valence-electron chi connectivity index (χ2n) is 13.9. The van der Waals surface area contributed by atoms with Gasteiger partial charge < -0.3 is 30.2 Å². The molecule has 1 heterocycles. The highest BCUT2D eigenvalue weighted by atomic mass is 19.1. The largest absolute Gasteiger partial charge is 0.487 e. The molecule has 0 radical (unpaired) electrons. The Labute approximate surface area is 262 Å². The van der Waals surface area contributed by atoms with Crippen molar-refractivity contribution in [2.24, 2.45) is 28.6 Å². The summed E-state index contributed by atoms with van der Waals surface area (Å²) >= 11 is 0. The predicted octanol–water partition coefficient (Wildman–Crippen LogP) is 4.90. The van der Waals surface area contributed by atoms with E-state index >= 15 is 4.39 Å². The molecule has 0 bridgehead atoms. The molecule has 0 spiro atoms. The number of nitrogen functional groups attached to an aromatic ring is 1. The third-order valence-corrected chi connectivity index (χ3v) is 11.8. The Balaban J connectivity index is 1.22. The number of hydrogen-bond acceptors (Lipinski definition) is 8. The monoisotopic (exact) mass is 617 g/mol. The number of carbonyl (C=O) groups is 2. The quantitative estimate of drug-likeness (QED) is 0.391. The Morgan fingerprint density at radius 2 is 1.98 bits per heavy atom. The van der Waals surface area contributed by atoms with Crippen LogP contribution in [0.2, 0.25) is 0 Å². The van der Waals surface area contributed by atoms with Crippen molar-refractivity contribution in [2.45, 2.75) is 77.2 Å². The zero-order chi connectivity index (χ0) is 31.9. The van der Waals surface area contributed by atoms with Gasteiger partial charge in [0.15, 0.2) is 23.5 Å². The van der Waals surface area contributed by atoms with E-state index in [0.29, 0.717) is 23.4 Å². The Morgan fingerprint density at radius 1 is 1.20 bits per heavy atom. The first-order valence-corrected chi connectivity index (χ1v) is 15.8. The number of benzene rings is 2. The molecule has 9 atom stereocenters. The average molecular weight is 618 g/mol. The zero-order valence-electron chi connectivity index (χ0n) is 25.8. The maximum atomic E-state index is 16.2. The minimum atomic E-state index is -1.57. The second kappa shape index (κ2) is 10.6. The Kier molecular flexibility index (Phi) is 7.13. The lowest BCUT2D eigenvalue weighted by atomic mass is 9.46. The van der Waals surface area contributed by atoms with Crippen LogP contribution in [-0.4, -0.2) is 46.2 Å². The maximum absolute atomic E-state index is 16.2. The van der Waals surface area contributed by atoms with E-state index in [0.717, 1.165) is 18.4 Å². The molecule has 1 aliphatic heterocycles. The third kappa shape index (κ3) is 4.24. The van der Waals surface area contributed by atoms with Gasteiger partial charge in [-0.05, 0) is 74.3 Å². The summed E-state index contributed by atoms with van der Waals surface area (Å²) in [5, 5.41) is 22.1. The number of ether oxygens (including phenoxy) is 3. The van der Waals surface area contributed by atoms with Crippen LogP contribution in [0.1, 0.15) is 62.5 Å². The first-order chi connectivity index (χ1) is 21.4. The van der Waals surface area contributed by atoms with Crippen molar-refractivity contribution >= 4 is 17.3 Å². The molecule has 9 heteroatoms. The number of aliphatic hydroxyl groups is 2. The molecule has 2 aromatic carbocycles. The van der Waals surface area contributed by atoms with E-state index in [4.69, 9.17) is 19.9 Å². The van der Waals surface area contributed by atoms with Gasteiger partial charge in [0.1, 0.15) is 24.8 Å². The van der Waals surface area contributed by atoms with E-state index in [-0.39, 0.29) is 47.7 Å². The van der Waals surface area contributed by atoms with Gasteiger partial charge in [-0.15, -0.1) is 0 Å². The fourth-order valence-corrected chi connectivity index (χ4v) is 9.72. The van der Waals surface area contributed by atoms with Crippen LogP contribution in [0.25, 0.3) is 0 Å². The number of hydrogen-bond donors (Lipinski definition) is 3. The first-order valence-electron chi connectivity index (χ1n) is 15.8. The highest BCUT2D eigenvalue weighted by molar-refractivity contribution is 6.01. The highest BCUT2D eigenvalue weighted by Gasteiger charge is 2.76. The van der Waals surface area contributed by atoms with Crippen molar-refractivity contribution in [1.82, 2.24) is 0 Å². The molecule has 3 saturated carbocycles. The molecular formula is C36H40FNO7. The highest BCUT2D eigenvalue weighted by Crippen LogP contribution is 2.70. The smallest absolute Gasteiger partial charge is 0.193 e. The molecule has 4 aliphatic carbocycles. The summed E-state index contributed by atoms with van der Waals surface area (Å²) in [4.78, 5) is 26.0. The summed E-state index contributed by atoms with van der Waals surface area (Å²) < 4.78 is 35.2. The lowest BCUT2D eigenvalue weighted by Gasteiger charge is -2.59. The number of anilines is 1. The van der Waals surface area contributed by atoms with E-state index in [1.54, 1.807) is 55.5 Å². The molecule has 2 aromatic rings. The van der Waals surface area contributed by atoms with Gasteiger partial charge in [0.05, 0.1) is 17.9 Å². The van der Waals surface area contributed by atoms with E-state index in [1.807, 2.05) is 13.0 Å². The molecule has 4 N–H and O–H groups in total. The number of nitrogens with two attached hydrogens (primary N) is 1. The van der Waals surface area contributed by atoms with Crippen molar-refractivity contribution in [3.05, 3.63) is 82.7 Å². The molecule has 5 aliphatic rings. The van der Waals surface area contributed by atoms with E-state index in [2.05, 4.69) is 6.92 Å². The molecule has 8 nitrogen and oxygen atoms in total. The lowest BCUT2D eigenvalue weighted by Crippen LogP contribution is -2.63. The molecule has 0 unspecified atom stereocenters. The van der Waals surface area contributed by atoms with Crippen molar-refractivity contribution in [1.29, 1.82) is 0 Å². The molecule has 0 amide bonds. The van der Waals surface area contributed by atoms with Gasteiger partial charge in [-0.2, -0.15) is 0 Å². The molecule has 45 heavy (non-hydrogen) atoms. The third-order valence-electron chi connectivity index (χ3n) is 11.8. The molecule has 7 rings (SSSR count). The molecule has 1 saturated heterocycles. The van der Waals surface area contributed by atoms with Crippen molar-refractivity contribution in [3.63, 3.8) is 0 Å². The van der Waals surface area contributed by atoms with Crippen LogP contribution in [0.15, 0.2) is 60.2 Å². The summed E-state index contributed by atoms with van der Waals surface area (Å²) in [6.07, 6.45) is 4.71. The van der Waals surface area contributed by atoms with Gasteiger partial charge in [0.2, 0.25) is 0 Å². The second-order valence-corrected chi connectivity index (χ2v) is 13.9. The van der Waals surface area contributed by atoms with Gasteiger partial charge >= 0.3 is 0 Å². The lowest BCUT2D eigenvalue weighted by molar-refractivity contribution is -0.201. The Morgan fingerprint density at radius 3 is 2.73 bits per heavy atom. The van der Waals surface area contributed by atoms with Gasteiger partial charge in [0, 0.05) is 27.9 Å². The fourth-order valence-electron chi connectivity index (χ4n) is 9.72. The molecule has 0 aromatic heterocycles. The summed E-state index contributed by atoms with van der Waals surface area (Å²) in [5.74, 6) is -0.836. The molecular weight excluding hydrogens is 577 g/mol. The van der Waals surface area contributed by atoms with Gasteiger partial charge in [0.25, 0.3) is 0 Å². The number of aliphatic hydroxyl groups excluding tert-OH is 2. The van der Waals surface area contributed by atoms with Crippen LogP contribution in [0.3, 0.4) is 0 Å². The Bertz CT molecular complexity index is 1640. The minimum absolute atomic E-state index is 0.0303. The van der Waals surface area contributed by atoms with Gasteiger partial charge in [-0.1, -0.05) is 49.8 Å².